The molecule has 0 amide bonds. The second-order valence-electron chi connectivity index (χ2n) is 2.45. The van der Waals surface area contributed by atoms with E-state index in [1.807, 2.05) is 6.08 Å². The summed E-state index contributed by atoms with van der Waals surface area (Å²) in [6, 6.07) is 0. The monoisotopic (exact) mass is 144 g/mol. The van der Waals surface area contributed by atoms with Crippen molar-refractivity contribution in [2.45, 2.75) is 38.9 Å². The maximum atomic E-state index is 9.02. The van der Waals surface area contributed by atoms with E-state index in [4.69, 9.17) is 10.2 Å². The summed E-state index contributed by atoms with van der Waals surface area (Å²) in [6.07, 6.45) is 4.19. The SMILES string of the molecule is CCC/C=C/[C@@H](O)[C@@H](C)O. The average molecular weight is 144 g/mol. The molecule has 2 atom stereocenters. The largest absolute Gasteiger partial charge is 0.390 e. The molecule has 0 heterocycles. The molecule has 2 N–H and O–H groups in total. The van der Waals surface area contributed by atoms with Crippen LogP contribution in [-0.4, -0.2) is 22.4 Å². The van der Waals surface area contributed by atoms with Gasteiger partial charge in [0.05, 0.1) is 12.2 Å². The van der Waals surface area contributed by atoms with Gasteiger partial charge < -0.3 is 10.2 Å². The normalized spacial score (nSPS) is 17.6. The Morgan fingerprint density at radius 3 is 2.40 bits per heavy atom. The molecule has 0 aliphatic rings. The summed E-state index contributed by atoms with van der Waals surface area (Å²) in [7, 11) is 0. The zero-order valence-corrected chi connectivity index (χ0v) is 6.62. The van der Waals surface area contributed by atoms with Gasteiger partial charge in [0.2, 0.25) is 0 Å². The van der Waals surface area contributed by atoms with Crippen molar-refractivity contribution in [3.63, 3.8) is 0 Å². The molecule has 0 aliphatic heterocycles. The van der Waals surface area contributed by atoms with E-state index in [2.05, 4.69) is 6.92 Å². The molecule has 0 fully saturated rings. The Labute approximate surface area is 62.2 Å². The Hall–Kier alpha value is -0.340. The van der Waals surface area contributed by atoms with Gasteiger partial charge in [0.1, 0.15) is 0 Å². The quantitative estimate of drug-likeness (QED) is 0.580. The van der Waals surface area contributed by atoms with Gasteiger partial charge in [-0.1, -0.05) is 25.5 Å². The third kappa shape index (κ3) is 4.53. The summed E-state index contributed by atoms with van der Waals surface area (Å²) in [5, 5.41) is 17.8. The molecular weight excluding hydrogens is 128 g/mol. The molecule has 0 saturated carbocycles. The molecule has 0 aromatic rings. The molecule has 0 aliphatic carbocycles. The maximum Gasteiger partial charge on any atom is 0.0977 e. The Kier molecular flexibility index (Phi) is 5.26. The summed E-state index contributed by atoms with van der Waals surface area (Å²) < 4.78 is 0. The van der Waals surface area contributed by atoms with E-state index in [1.165, 1.54) is 0 Å². The smallest absolute Gasteiger partial charge is 0.0977 e. The number of aliphatic hydroxyl groups excluding tert-OH is 2. The van der Waals surface area contributed by atoms with E-state index in [0.717, 1.165) is 12.8 Å². The maximum absolute atomic E-state index is 9.02. The first kappa shape index (κ1) is 9.66. The predicted octanol–water partition coefficient (Wildman–Crippen LogP) is 1.08. The lowest BCUT2D eigenvalue weighted by molar-refractivity contribution is 0.0617. The second-order valence-corrected chi connectivity index (χ2v) is 2.45. The molecule has 0 radical (unpaired) electrons. The van der Waals surface area contributed by atoms with Crippen LogP contribution in [0, 0.1) is 0 Å². The number of allylic oxidation sites excluding steroid dienone is 1. The number of rotatable bonds is 4. The zero-order chi connectivity index (χ0) is 7.98. The first-order chi connectivity index (χ1) is 4.68. The van der Waals surface area contributed by atoms with Gasteiger partial charge in [-0.2, -0.15) is 0 Å². The highest BCUT2D eigenvalue weighted by atomic mass is 16.3. The number of hydrogen-bond acceptors (Lipinski definition) is 2. The minimum absolute atomic E-state index is 0.659. The van der Waals surface area contributed by atoms with Gasteiger partial charge in [-0.3, -0.25) is 0 Å². The predicted molar refractivity (Wildman–Crippen MR) is 41.7 cm³/mol. The van der Waals surface area contributed by atoms with E-state index in [0.29, 0.717) is 0 Å². The molecule has 0 aromatic carbocycles. The summed E-state index contributed by atoms with van der Waals surface area (Å²) >= 11 is 0. The van der Waals surface area contributed by atoms with E-state index >= 15 is 0 Å². The van der Waals surface area contributed by atoms with Crippen LogP contribution in [0.25, 0.3) is 0 Å². The van der Waals surface area contributed by atoms with Crippen LogP contribution < -0.4 is 0 Å². The Morgan fingerprint density at radius 1 is 1.40 bits per heavy atom. The topological polar surface area (TPSA) is 40.5 Å². The third-order valence-electron chi connectivity index (χ3n) is 1.28. The molecular formula is C8H16O2. The first-order valence-electron chi connectivity index (χ1n) is 3.71. The highest BCUT2D eigenvalue weighted by molar-refractivity contribution is 4.90. The molecule has 0 saturated heterocycles. The molecule has 10 heavy (non-hydrogen) atoms. The molecule has 60 valence electrons. The van der Waals surface area contributed by atoms with Crippen LogP contribution in [0.3, 0.4) is 0 Å². The fraction of sp³-hybridized carbons (Fsp3) is 0.750. The number of unbranched alkanes of at least 4 members (excludes halogenated alkanes) is 1. The lowest BCUT2D eigenvalue weighted by Crippen LogP contribution is -2.19. The van der Waals surface area contributed by atoms with Gasteiger partial charge in [0, 0.05) is 0 Å². The first-order valence-corrected chi connectivity index (χ1v) is 3.71. The van der Waals surface area contributed by atoms with Crippen LogP contribution in [-0.2, 0) is 0 Å². The summed E-state index contributed by atoms with van der Waals surface area (Å²) in [4.78, 5) is 0. The third-order valence-corrected chi connectivity index (χ3v) is 1.28. The highest BCUT2D eigenvalue weighted by Crippen LogP contribution is 1.96. The Morgan fingerprint density at radius 2 is 2.00 bits per heavy atom. The molecule has 0 rings (SSSR count). The van der Waals surface area contributed by atoms with Crippen LogP contribution in [0.1, 0.15) is 26.7 Å². The van der Waals surface area contributed by atoms with Crippen molar-refractivity contribution in [2.24, 2.45) is 0 Å². The van der Waals surface area contributed by atoms with E-state index in [1.54, 1.807) is 13.0 Å². The van der Waals surface area contributed by atoms with Gasteiger partial charge in [-0.15, -0.1) is 0 Å². The van der Waals surface area contributed by atoms with Gasteiger partial charge in [0.15, 0.2) is 0 Å². The molecule has 0 unspecified atom stereocenters. The minimum atomic E-state index is -0.702. The summed E-state index contributed by atoms with van der Waals surface area (Å²) in [5.74, 6) is 0. The lowest BCUT2D eigenvalue weighted by Gasteiger charge is -2.06. The second kappa shape index (κ2) is 5.45. The molecule has 2 heteroatoms. The molecule has 0 aromatic heterocycles. The van der Waals surface area contributed by atoms with Crippen molar-refractivity contribution < 1.29 is 10.2 Å². The zero-order valence-electron chi connectivity index (χ0n) is 6.62. The summed E-state index contributed by atoms with van der Waals surface area (Å²) in [5.41, 5.74) is 0. The van der Waals surface area contributed by atoms with Gasteiger partial charge in [-0.05, 0) is 13.3 Å². The fourth-order valence-electron chi connectivity index (χ4n) is 0.563. The molecule has 2 nitrogen and oxygen atoms in total. The van der Waals surface area contributed by atoms with E-state index in [-0.39, 0.29) is 0 Å². The van der Waals surface area contributed by atoms with E-state index in [9.17, 15) is 0 Å². The molecule has 0 bridgehead atoms. The van der Waals surface area contributed by atoms with E-state index < -0.39 is 12.2 Å². The van der Waals surface area contributed by atoms with Crippen LogP contribution in [0.2, 0.25) is 0 Å². The van der Waals surface area contributed by atoms with Gasteiger partial charge in [-0.25, -0.2) is 0 Å². The number of hydrogen-bond donors (Lipinski definition) is 2. The van der Waals surface area contributed by atoms with Crippen molar-refractivity contribution in [3.8, 4) is 0 Å². The highest BCUT2D eigenvalue weighted by Gasteiger charge is 2.04. The fourth-order valence-corrected chi connectivity index (χ4v) is 0.563. The minimum Gasteiger partial charge on any atom is -0.390 e. The van der Waals surface area contributed by atoms with Crippen LogP contribution in [0.15, 0.2) is 12.2 Å². The average Bonchev–Trinajstić information content (AvgIpc) is 1.88. The van der Waals surface area contributed by atoms with Crippen LogP contribution in [0.5, 0.6) is 0 Å². The Balaban J connectivity index is 3.45. The van der Waals surface area contributed by atoms with Crippen LogP contribution >= 0.6 is 0 Å². The molecule has 0 spiro atoms. The van der Waals surface area contributed by atoms with Crippen molar-refractivity contribution in [1.29, 1.82) is 0 Å². The van der Waals surface area contributed by atoms with Crippen molar-refractivity contribution in [1.82, 2.24) is 0 Å². The number of aliphatic hydroxyl groups is 2. The standard InChI is InChI=1S/C8H16O2/c1-3-4-5-6-8(10)7(2)9/h5-10H,3-4H2,1-2H3/b6-5+/t7-,8-/m1/s1. The van der Waals surface area contributed by atoms with Crippen LogP contribution in [0.4, 0.5) is 0 Å². The van der Waals surface area contributed by atoms with Gasteiger partial charge in [0.25, 0.3) is 0 Å². The lowest BCUT2D eigenvalue weighted by atomic mass is 10.2. The Bertz CT molecular complexity index is 97.4. The van der Waals surface area contributed by atoms with Crippen molar-refractivity contribution >= 4 is 0 Å². The van der Waals surface area contributed by atoms with Crippen molar-refractivity contribution in [3.05, 3.63) is 12.2 Å². The van der Waals surface area contributed by atoms with Crippen molar-refractivity contribution in [2.75, 3.05) is 0 Å². The summed E-state index contributed by atoms with van der Waals surface area (Å²) in [6.45, 7) is 3.64. The van der Waals surface area contributed by atoms with Gasteiger partial charge >= 0.3 is 0 Å².